The largest absolute Gasteiger partial charge is 0.313 e. The molecule has 2 rings (SSSR count). The predicted octanol–water partition coefficient (Wildman–Crippen LogP) is 2.67. The number of benzene rings is 1. The van der Waals surface area contributed by atoms with E-state index in [1.165, 1.54) is 0 Å². The van der Waals surface area contributed by atoms with Gasteiger partial charge in [-0.15, -0.1) is 0 Å². The minimum atomic E-state index is -3.46. The number of nitrogens with one attached hydrogen (secondary N) is 2. The lowest BCUT2D eigenvalue weighted by atomic mass is 10.2. The first-order chi connectivity index (χ1) is 9.36. The van der Waals surface area contributed by atoms with Crippen LogP contribution in [-0.4, -0.2) is 20.5 Å². The van der Waals surface area contributed by atoms with Crippen molar-refractivity contribution in [2.45, 2.75) is 50.1 Å². The summed E-state index contributed by atoms with van der Waals surface area (Å²) in [4.78, 5) is 0.281. The number of sulfonamides is 1. The quantitative estimate of drug-likeness (QED) is 0.760. The van der Waals surface area contributed by atoms with Crippen molar-refractivity contribution in [3.8, 4) is 0 Å². The Morgan fingerprint density at radius 3 is 2.65 bits per heavy atom. The Morgan fingerprint density at radius 1 is 1.35 bits per heavy atom. The Labute approximate surface area is 126 Å². The van der Waals surface area contributed by atoms with E-state index in [0.717, 1.165) is 31.4 Å². The molecule has 6 heteroatoms. The average molecular weight is 317 g/mol. The van der Waals surface area contributed by atoms with Gasteiger partial charge < -0.3 is 5.32 Å². The number of hydrogen-bond acceptors (Lipinski definition) is 3. The van der Waals surface area contributed by atoms with Crippen LogP contribution in [0.5, 0.6) is 0 Å². The lowest BCUT2D eigenvalue weighted by Gasteiger charge is -2.14. The van der Waals surface area contributed by atoms with E-state index >= 15 is 0 Å². The minimum absolute atomic E-state index is 0.265. The smallest absolute Gasteiger partial charge is 0.241 e. The highest BCUT2D eigenvalue weighted by atomic mass is 35.5. The van der Waals surface area contributed by atoms with Crippen LogP contribution in [-0.2, 0) is 16.6 Å². The van der Waals surface area contributed by atoms with Gasteiger partial charge in [0.1, 0.15) is 0 Å². The normalized spacial score (nSPS) is 17.1. The Kier molecular flexibility index (Phi) is 4.74. The van der Waals surface area contributed by atoms with Crippen LogP contribution >= 0.6 is 11.6 Å². The van der Waals surface area contributed by atoms with Gasteiger partial charge in [0.25, 0.3) is 0 Å². The summed E-state index contributed by atoms with van der Waals surface area (Å²) >= 11 is 6.12. The zero-order chi connectivity index (χ0) is 14.8. The van der Waals surface area contributed by atoms with Crippen LogP contribution in [0.3, 0.4) is 0 Å². The van der Waals surface area contributed by atoms with E-state index < -0.39 is 10.0 Å². The molecule has 2 N–H and O–H groups in total. The Hall–Kier alpha value is -0.620. The standard InChI is InChI=1S/C14H21ClN2O2S/c1-3-8-16-10-11-9-12(4-5-13(11)15)20(18,19)17-14(2)6-7-14/h4-5,9,16-17H,3,6-8,10H2,1-2H3. The molecule has 0 heterocycles. The number of rotatable bonds is 7. The highest BCUT2D eigenvalue weighted by Crippen LogP contribution is 2.36. The van der Waals surface area contributed by atoms with Gasteiger partial charge in [0.2, 0.25) is 10.0 Å². The van der Waals surface area contributed by atoms with Crippen LogP contribution in [0.4, 0.5) is 0 Å². The van der Waals surface area contributed by atoms with E-state index in [2.05, 4.69) is 17.0 Å². The van der Waals surface area contributed by atoms with Crippen molar-refractivity contribution >= 4 is 21.6 Å². The van der Waals surface area contributed by atoms with Crippen molar-refractivity contribution in [3.05, 3.63) is 28.8 Å². The van der Waals surface area contributed by atoms with Gasteiger partial charge in [-0.2, -0.15) is 0 Å². The van der Waals surface area contributed by atoms with Gasteiger partial charge in [-0.25, -0.2) is 13.1 Å². The summed E-state index contributed by atoms with van der Waals surface area (Å²) in [6, 6.07) is 4.85. The summed E-state index contributed by atoms with van der Waals surface area (Å²) in [5.74, 6) is 0. The number of halogens is 1. The van der Waals surface area contributed by atoms with E-state index in [9.17, 15) is 8.42 Å². The molecule has 1 aliphatic rings. The van der Waals surface area contributed by atoms with Crippen LogP contribution in [0.15, 0.2) is 23.1 Å². The summed E-state index contributed by atoms with van der Waals surface area (Å²) in [6.45, 7) is 5.46. The third-order valence-corrected chi connectivity index (χ3v) is 5.46. The highest BCUT2D eigenvalue weighted by molar-refractivity contribution is 7.89. The van der Waals surface area contributed by atoms with Crippen LogP contribution < -0.4 is 10.0 Å². The lowest BCUT2D eigenvalue weighted by molar-refractivity contribution is 0.558. The van der Waals surface area contributed by atoms with Gasteiger partial charge in [0, 0.05) is 17.1 Å². The fourth-order valence-electron chi connectivity index (χ4n) is 1.93. The Bertz CT molecular complexity index is 583. The summed E-state index contributed by atoms with van der Waals surface area (Å²) < 4.78 is 27.4. The van der Waals surface area contributed by atoms with Gasteiger partial charge in [-0.3, -0.25) is 0 Å². The molecule has 0 spiro atoms. The maximum absolute atomic E-state index is 12.3. The zero-order valence-electron chi connectivity index (χ0n) is 11.9. The first kappa shape index (κ1) is 15.8. The molecule has 0 unspecified atom stereocenters. The topological polar surface area (TPSA) is 58.2 Å². The monoisotopic (exact) mass is 316 g/mol. The van der Waals surface area contributed by atoms with Gasteiger partial charge >= 0.3 is 0 Å². The molecule has 0 atom stereocenters. The highest BCUT2D eigenvalue weighted by Gasteiger charge is 2.41. The lowest BCUT2D eigenvalue weighted by Crippen LogP contribution is -2.34. The van der Waals surface area contributed by atoms with Crippen molar-refractivity contribution in [3.63, 3.8) is 0 Å². The third-order valence-electron chi connectivity index (χ3n) is 3.45. The van der Waals surface area contributed by atoms with Crippen LogP contribution in [0, 0.1) is 0 Å². The molecule has 1 fully saturated rings. The second kappa shape index (κ2) is 6.02. The fourth-order valence-corrected chi connectivity index (χ4v) is 3.63. The second-order valence-electron chi connectivity index (χ2n) is 5.60. The zero-order valence-corrected chi connectivity index (χ0v) is 13.4. The first-order valence-corrected chi connectivity index (χ1v) is 8.75. The van der Waals surface area contributed by atoms with E-state index in [1.54, 1.807) is 18.2 Å². The summed E-state index contributed by atoms with van der Waals surface area (Å²) in [6.07, 6.45) is 2.81. The second-order valence-corrected chi connectivity index (χ2v) is 7.69. The molecule has 1 aliphatic carbocycles. The molecule has 0 amide bonds. The van der Waals surface area contributed by atoms with Gasteiger partial charge in [-0.1, -0.05) is 18.5 Å². The predicted molar refractivity (Wildman–Crippen MR) is 81.4 cm³/mol. The van der Waals surface area contributed by atoms with E-state index in [1.807, 2.05) is 6.92 Å². The first-order valence-electron chi connectivity index (χ1n) is 6.89. The summed E-state index contributed by atoms with van der Waals surface area (Å²) in [7, 11) is -3.46. The molecule has 1 saturated carbocycles. The average Bonchev–Trinajstić information content (AvgIpc) is 3.08. The van der Waals surface area contributed by atoms with Crippen molar-refractivity contribution < 1.29 is 8.42 Å². The number of hydrogen-bond donors (Lipinski definition) is 2. The van der Waals surface area contributed by atoms with Crippen molar-refractivity contribution in [1.82, 2.24) is 10.0 Å². The maximum Gasteiger partial charge on any atom is 0.241 e. The molecule has 0 aromatic heterocycles. The molecule has 0 aliphatic heterocycles. The third kappa shape index (κ3) is 3.95. The van der Waals surface area contributed by atoms with E-state index in [4.69, 9.17) is 11.6 Å². The molecule has 0 saturated heterocycles. The van der Waals surface area contributed by atoms with Crippen LogP contribution in [0.2, 0.25) is 5.02 Å². The molecule has 20 heavy (non-hydrogen) atoms. The van der Waals surface area contributed by atoms with Crippen molar-refractivity contribution in [1.29, 1.82) is 0 Å². The SMILES string of the molecule is CCCNCc1cc(S(=O)(=O)NC2(C)CC2)ccc1Cl. The van der Waals surface area contributed by atoms with Crippen molar-refractivity contribution in [2.24, 2.45) is 0 Å². The van der Waals surface area contributed by atoms with Crippen LogP contribution in [0.1, 0.15) is 38.7 Å². The molecular formula is C14H21ClN2O2S. The maximum atomic E-state index is 12.3. The van der Waals surface area contributed by atoms with E-state index in [0.29, 0.717) is 11.6 Å². The molecule has 1 aromatic rings. The Morgan fingerprint density at radius 2 is 2.05 bits per heavy atom. The fraction of sp³-hybridized carbons (Fsp3) is 0.571. The van der Waals surface area contributed by atoms with Gasteiger partial charge in [0.05, 0.1) is 4.90 Å². The summed E-state index contributed by atoms with van der Waals surface area (Å²) in [5.41, 5.74) is 0.544. The van der Waals surface area contributed by atoms with Crippen molar-refractivity contribution in [2.75, 3.05) is 6.54 Å². The summed E-state index contributed by atoms with van der Waals surface area (Å²) in [5, 5.41) is 3.82. The molecule has 4 nitrogen and oxygen atoms in total. The molecule has 0 bridgehead atoms. The molecule has 1 aromatic carbocycles. The van der Waals surface area contributed by atoms with E-state index in [-0.39, 0.29) is 10.4 Å². The molecular weight excluding hydrogens is 296 g/mol. The van der Waals surface area contributed by atoms with Gasteiger partial charge in [0.15, 0.2) is 0 Å². The van der Waals surface area contributed by atoms with Crippen LogP contribution in [0.25, 0.3) is 0 Å². The Balaban J connectivity index is 2.17. The molecule has 0 radical (unpaired) electrons. The molecule has 112 valence electrons. The minimum Gasteiger partial charge on any atom is -0.313 e. The van der Waals surface area contributed by atoms with Gasteiger partial charge in [-0.05, 0) is 56.5 Å².